The highest BCUT2D eigenvalue weighted by molar-refractivity contribution is 5.80. The van der Waals surface area contributed by atoms with Gasteiger partial charge in [-0.25, -0.2) is 4.98 Å². The van der Waals surface area contributed by atoms with E-state index in [1.54, 1.807) is 0 Å². The van der Waals surface area contributed by atoms with Crippen LogP contribution in [0.5, 0.6) is 0 Å². The van der Waals surface area contributed by atoms with Crippen molar-refractivity contribution < 1.29 is 0 Å². The first-order chi connectivity index (χ1) is 9.26. The Kier molecular flexibility index (Phi) is 3.29. The molecule has 0 saturated heterocycles. The molecule has 5 nitrogen and oxygen atoms in total. The summed E-state index contributed by atoms with van der Waals surface area (Å²) >= 11 is 0. The number of benzene rings is 1. The van der Waals surface area contributed by atoms with Gasteiger partial charge < -0.3 is 16.0 Å². The van der Waals surface area contributed by atoms with Gasteiger partial charge >= 0.3 is 0 Å². The molecule has 1 saturated carbocycles. The van der Waals surface area contributed by atoms with Crippen LogP contribution < -0.4 is 11.1 Å². The van der Waals surface area contributed by atoms with E-state index in [2.05, 4.69) is 27.1 Å². The number of nitrogens with one attached hydrogen (secondary N) is 2. The van der Waals surface area contributed by atoms with Crippen LogP contribution in [-0.4, -0.2) is 40.5 Å². The minimum absolute atomic E-state index is 0.758. The summed E-state index contributed by atoms with van der Waals surface area (Å²) in [7, 11) is 0. The van der Waals surface area contributed by atoms with Crippen molar-refractivity contribution in [1.82, 2.24) is 14.9 Å². The van der Waals surface area contributed by atoms with Gasteiger partial charge in [-0.3, -0.25) is 4.90 Å². The number of nitrogens with two attached hydrogens (primary N) is 1. The molecule has 1 aromatic carbocycles. The van der Waals surface area contributed by atoms with Crippen LogP contribution in [0.2, 0.25) is 0 Å². The minimum atomic E-state index is 0.758. The Labute approximate surface area is 113 Å². The predicted molar refractivity (Wildman–Crippen MR) is 79.3 cm³/mol. The summed E-state index contributed by atoms with van der Waals surface area (Å²) in [4.78, 5) is 10.3. The number of H-pyrrole nitrogens is 1. The van der Waals surface area contributed by atoms with Crippen LogP contribution in [0.15, 0.2) is 18.2 Å². The smallest absolute Gasteiger partial charge is 0.201 e. The molecular weight excluding hydrogens is 238 g/mol. The quantitative estimate of drug-likeness (QED) is 0.694. The maximum atomic E-state index is 5.76. The second-order valence-electron chi connectivity index (χ2n) is 5.15. The maximum absolute atomic E-state index is 5.76. The van der Waals surface area contributed by atoms with E-state index in [0.29, 0.717) is 0 Å². The highest BCUT2D eigenvalue weighted by Gasteiger charge is 2.27. The molecule has 0 radical (unpaired) electrons. The summed E-state index contributed by atoms with van der Waals surface area (Å²) in [6, 6.07) is 6.55. The summed E-state index contributed by atoms with van der Waals surface area (Å²) in [5.74, 6) is 0.826. The van der Waals surface area contributed by atoms with Gasteiger partial charge in [0.15, 0.2) is 0 Å². The molecule has 19 heavy (non-hydrogen) atoms. The molecule has 1 fully saturated rings. The van der Waals surface area contributed by atoms with Gasteiger partial charge in [-0.2, -0.15) is 0 Å². The highest BCUT2D eigenvalue weighted by Crippen LogP contribution is 2.26. The third kappa shape index (κ3) is 2.81. The van der Waals surface area contributed by atoms with Gasteiger partial charge in [0.05, 0.1) is 11.0 Å². The highest BCUT2D eigenvalue weighted by atomic mass is 15.2. The number of likely N-dealkylation sites (N-methyl/N-ethyl adjacent to an activating group) is 1. The molecule has 4 N–H and O–H groups in total. The summed E-state index contributed by atoms with van der Waals surface area (Å²) in [5, 5.41) is 3.35. The Bertz CT molecular complexity index is 558. The van der Waals surface area contributed by atoms with E-state index >= 15 is 0 Å². The van der Waals surface area contributed by atoms with Crippen molar-refractivity contribution in [3.63, 3.8) is 0 Å². The van der Waals surface area contributed by atoms with E-state index in [9.17, 15) is 0 Å². The summed E-state index contributed by atoms with van der Waals surface area (Å²) in [6.07, 6.45) is 2.72. The monoisotopic (exact) mass is 259 g/mol. The van der Waals surface area contributed by atoms with Gasteiger partial charge in [-0.15, -0.1) is 0 Å². The fourth-order valence-corrected chi connectivity index (χ4v) is 2.47. The van der Waals surface area contributed by atoms with Crippen LogP contribution in [0.25, 0.3) is 11.0 Å². The van der Waals surface area contributed by atoms with Gasteiger partial charge in [0.1, 0.15) is 0 Å². The number of rotatable bonds is 6. The molecule has 1 aromatic heterocycles. The Morgan fingerprint density at radius 3 is 3.05 bits per heavy atom. The fourth-order valence-electron chi connectivity index (χ4n) is 2.47. The van der Waals surface area contributed by atoms with Gasteiger partial charge in [0.2, 0.25) is 5.95 Å². The molecule has 0 atom stereocenters. The van der Waals surface area contributed by atoms with Crippen LogP contribution in [0, 0.1) is 0 Å². The molecule has 0 spiro atoms. The summed E-state index contributed by atoms with van der Waals surface area (Å²) in [6.45, 7) is 5.34. The van der Waals surface area contributed by atoms with Crippen molar-refractivity contribution in [2.75, 3.05) is 30.7 Å². The normalized spacial score (nSPS) is 15.3. The Hall–Kier alpha value is -1.75. The van der Waals surface area contributed by atoms with Crippen LogP contribution >= 0.6 is 0 Å². The van der Waals surface area contributed by atoms with Gasteiger partial charge in [0.25, 0.3) is 0 Å². The van der Waals surface area contributed by atoms with E-state index < -0.39 is 0 Å². The number of fused-ring (bicyclic) bond motifs is 1. The molecule has 5 heteroatoms. The molecule has 0 amide bonds. The van der Waals surface area contributed by atoms with Crippen LogP contribution in [0.1, 0.15) is 19.8 Å². The number of hydrogen-bond donors (Lipinski definition) is 3. The van der Waals surface area contributed by atoms with Gasteiger partial charge in [0, 0.05) is 24.8 Å². The molecule has 1 aliphatic carbocycles. The van der Waals surface area contributed by atoms with E-state index in [4.69, 9.17) is 5.73 Å². The van der Waals surface area contributed by atoms with Crippen molar-refractivity contribution in [1.29, 1.82) is 0 Å². The van der Waals surface area contributed by atoms with Crippen LogP contribution in [0.3, 0.4) is 0 Å². The van der Waals surface area contributed by atoms with Crippen molar-refractivity contribution in [3.8, 4) is 0 Å². The van der Waals surface area contributed by atoms with Crippen molar-refractivity contribution in [3.05, 3.63) is 18.2 Å². The summed E-state index contributed by atoms with van der Waals surface area (Å²) in [5.41, 5.74) is 8.45. The standard InChI is InChI=1S/C14H21N5/c1-2-19(11-4-5-11)8-7-16-14-17-12-6-3-10(15)9-13(12)18-14/h3,6,9,11H,2,4-5,7-8,15H2,1H3,(H2,16,17,18). The first kappa shape index (κ1) is 12.3. The molecule has 0 bridgehead atoms. The van der Waals surface area contributed by atoms with E-state index in [-0.39, 0.29) is 0 Å². The molecule has 1 heterocycles. The fraction of sp³-hybridized carbons (Fsp3) is 0.500. The van der Waals surface area contributed by atoms with E-state index in [1.165, 1.54) is 12.8 Å². The van der Waals surface area contributed by atoms with Crippen LogP contribution in [-0.2, 0) is 0 Å². The number of hydrogen-bond acceptors (Lipinski definition) is 4. The van der Waals surface area contributed by atoms with Crippen molar-refractivity contribution >= 4 is 22.7 Å². The van der Waals surface area contributed by atoms with E-state index in [1.807, 2.05) is 18.2 Å². The number of imidazole rings is 1. The largest absolute Gasteiger partial charge is 0.399 e. The Balaban J connectivity index is 1.58. The van der Waals surface area contributed by atoms with Crippen molar-refractivity contribution in [2.45, 2.75) is 25.8 Å². The second-order valence-corrected chi connectivity index (χ2v) is 5.15. The first-order valence-electron chi connectivity index (χ1n) is 6.99. The molecule has 102 valence electrons. The molecule has 2 aromatic rings. The average Bonchev–Trinajstić information content (AvgIpc) is 3.15. The number of aromatic nitrogens is 2. The molecular formula is C14H21N5. The molecule has 1 aliphatic rings. The molecule has 3 rings (SSSR count). The number of anilines is 2. The van der Waals surface area contributed by atoms with Gasteiger partial charge in [-0.05, 0) is 37.6 Å². The molecule has 0 aliphatic heterocycles. The zero-order valence-electron chi connectivity index (χ0n) is 11.3. The number of aromatic amines is 1. The molecule has 0 unspecified atom stereocenters. The lowest BCUT2D eigenvalue weighted by Gasteiger charge is -2.19. The predicted octanol–water partition coefficient (Wildman–Crippen LogP) is 2.04. The third-order valence-electron chi connectivity index (χ3n) is 3.67. The maximum Gasteiger partial charge on any atom is 0.201 e. The lowest BCUT2D eigenvalue weighted by molar-refractivity contribution is 0.289. The van der Waals surface area contributed by atoms with Gasteiger partial charge in [-0.1, -0.05) is 6.92 Å². The van der Waals surface area contributed by atoms with Crippen LogP contribution in [0.4, 0.5) is 11.6 Å². The average molecular weight is 259 g/mol. The Morgan fingerprint density at radius 1 is 1.47 bits per heavy atom. The zero-order chi connectivity index (χ0) is 13.2. The number of nitrogens with zero attached hydrogens (tertiary/aromatic N) is 2. The summed E-state index contributed by atoms with van der Waals surface area (Å²) < 4.78 is 0. The van der Waals surface area contributed by atoms with Crippen molar-refractivity contribution in [2.24, 2.45) is 0 Å². The number of nitrogen functional groups attached to an aromatic ring is 1. The third-order valence-corrected chi connectivity index (χ3v) is 3.67. The zero-order valence-corrected chi connectivity index (χ0v) is 11.3. The SMILES string of the molecule is CCN(CCNc1nc2ccc(N)cc2[nH]1)C1CC1. The lowest BCUT2D eigenvalue weighted by Crippen LogP contribution is -2.31. The first-order valence-corrected chi connectivity index (χ1v) is 6.99. The topological polar surface area (TPSA) is 70.0 Å². The van der Waals surface area contributed by atoms with E-state index in [0.717, 1.165) is 48.3 Å². The minimum Gasteiger partial charge on any atom is -0.399 e. The lowest BCUT2D eigenvalue weighted by atomic mass is 10.3. The second kappa shape index (κ2) is 5.09. The Morgan fingerprint density at radius 2 is 2.32 bits per heavy atom.